The molecule has 0 saturated heterocycles. The topological polar surface area (TPSA) is 93.5 Å². The van der Waals surface area contributed by atoms with Gasteiger partial charge in [0.15, 0.2) is 6.61 Å². The number of hydrogen-bond acceptors (Lipinski definition) is 5. The van der Waals surface area contributed by atoms with Crippen molar-refractivity contribution in [2.24, 2.45) is 0 Å². The number of benzene rings is 1. The number of carbonyl (C=O) groups excluding carboxylic acids is 3. The van der Waals surface area contributed by atoms with Gasteiger partial charge in [-0.3, -0.25) is 9.59 Å². The minimum absolute atomic E-state index is 0.0398. The minimum Gasteiger partial charge on any atom is -0.452 e. The van der Waals surface area contributed by atoms with Crippen molar-refractivity contribution >= 4 is 35.5 Å². The molecule has 0 atom stereocenters. The molecule has 0 aliphatic carbocycles. The monoisotopic (exact) mass is 464 g/mol. The lowest BCUT2D eigenvalue weighted by Gasteiger charge is -2.20. The second-order valence-corrected chi connectivity index (χ2v) is 7.61. The van der Waals surface area contributed by atoms with E-state index in [9.17, 15) is 18.8 Å². The first-order chi connectivity index (χ1) is 15.1. The Kier molecular flexibility index (Phi) is 8.95. The fourth-order valence-corrected chi connectivity index (χ4v) is 3.13. The highest BCUT2D eigenvalue weighted by Crippen LogP contribution is 2.24. The van der Waals surface area contributed by atoms with Crippen LogP contribution in [0.2, 0.25) is 5.15 Å². The maximum absolute atomic E-state index is 13.1. The molecule has 0 saturated carbocycles. The largest absolute Gasteiger partial charge is 0.452 e. The van der Waals surface area contributed by atoms with Gasteiger partial charge in [0.05, 0.1) is 17.9 Å². The van der Waals surface area contributed by atoms with E-state index in [4.69, 9.17) is 16.3 Å². The van der Waals surface area contributed by atoms with Gasteiger partial charge in [0, 0.05) is 24.2 Å². The molecule has 1 N–H and O–H groups in total. The highest BCUT2D eigenvalue weighted by Gasteiger charge is 2.18. The van der Waals surface area contributed by atoms with Crippen molar-refractivity contribution in [3.8, 4) is 5.69 Å². The van der Waals surface area contributed by atoms with Crippen LogP contribution in [0.1, 0.15) is 32.0 Å². The van der Waals surface area contributed by atoms with E-state index in [1.165, 1.54) is 39.9 Å². The number of nitrogens with one attached hydrogen (secondary N) is 1. The predicted octanol–water partition coefficient (Wildman–Crippen LogP) is 2.90. The van der Waals surface area contributed by atoms with Gasteiger partial charge in [-0.2, -0.15) is 5.10 Å². The van der Waals surface area contributed by atoms with Crippen LogP contribution in [-0.4, -0.2) is 58.2 Å². The molecule has 2 rings (SSSR count). The zero-order valence-electron chi connectivity index (χ0n) is 18.4. The molecule has 0 bridgehead atoms. The number of hydrogen-bond donors (Lipinski definition) is 1. The third-order valence-corrected chi connectivity index (χ3v) is 4.73. The van der Waals surface area contributed by atoms with E-state index < -0.39 is 18.5 Å². The fraction of sp³-hybridized carbons (Fsp3) is 0.364. The summed E-state index contributed by atoms with van der Waals surface area (Å²) in [4.78, 5) is 37.5. The van der Waals surface area contributed by atoms with Crippen LogP contribution in [0.25, 0.3) is 11.8 Å². The highest BCUT2D eigenvalue weighted by atomic mass is 35.5. The molecule has 0 aliphatic heterocycles. The summed E-state index contributed by atoms with van der Waals surface area (Å²) in [6, 6.07) is 5.60. The summed E-state index contributed by atoms with van der Waals surface area (Å²) in [5, 5.41) is 7.25. The average Bonchev–Trinajstić information content (AvgIpc) is 3.02. The standard InChI is InChI=1S/C22H26ClFN4O4/c1-5-27(12-19(29)25-14(2)3)20(30)13-32-21(31)11-10-18-15(4)26-28(22(18)23)17-8-6-16(24)7-9-17/h6-11,14H,5,12-13H2,1-4H3,(H,25,29)/b11-10+. The molecular weight excluding hydrogens is 439 g/mol. The van der Waals surface area contributed by atoms with E-state index in [1.54, 1.807) is 13.8 Å². The number of carbonyl (C=O) groups is 3. The first-order valence-electron chi connectivity index (χ1n) is 10.0. The first kappa shape index (κ1) is 25.1. The zero-order chi connectivity index (χ0) is 23.8. The zero-order valence-corrected chi connectivity index (χ0v) is 19.1. The number of aryl methyl sites for hydroxylation is 1. The fourth-order valence-electron chi connectivity index (χ4n) is 2.79. The summed E-state index contributed by atoms with van der Waals surface area (Å²) in [7, 11) is 0. The third kappa shape index (κ3) is 6.91. The molecule has 8 nitrogen and oxygen atoms in total. The van der Waals surface area contributed by atoms with Gasteiger partial charge in [-0.1, -0.05) is 11.6 Å². The Labute approximate surface area is 191 Å². The Hall–Kier alpha value is -3.20. The Morgan fingerprint density at radius 2 is 1.94 bits per heavy atom. The number of rotatable bonds is 9. The number of halogens is 2. The molecule has 172 valence electrons. The molecule has 1 heterocycles. The van der Waals surface area contributed by atoms with E-state index in [1.807, 2.05) is 13.8 Å². The number of aromatic nitrogens is 2. The van der Waals surface area contributed by atoms with E-state index in [-0.39, 0.29) is 29.5 Å². The van der Waals surface area contributed by atoms with Crippen LogP contribution in [0.15, 0.2) is 30.3 Å². The average molecular weight is 465 g/mol. The van der Waals surface area contributed by atoms with E-state index in [0.717, 1.165) is 6.08 Å². The molecule has 0 unspecified atom stereocenters. The number of nitrogens with zero attached hydrogens (tertiary/aromatic N) is 3. The van der Waals surface area contributed by atoms with Crippen molar-refractivity contribution < 1.29 is 23.5 Å². The number of likely N-dealkylation sites (N-methyl/N-ethyl adjacent to an activating group) is 1. The van der Waals surface area contributed by atoms with Crippen LogP contribution in [-0.2, 0) is 19.1 Å². The van der Waals surface area contributed by atoms with Crippen LogP contribution >= 0.6 is 11.6 Å². The van der Waals surface area contributed by atoms with Crippen molar-refractivity contribution in [3.63, 3.8) is 0 Å². The molecular formula is C22H26ClFN4O4. The van der Waals surface area contributed by atoms with Crippen LogP contribution in [0.3, 0.4) is 0 Å². The summed E-state index contributed by atoms with van der Waals surface area (Å²) in [6.45, 7) is 6.78. The van der Waals surface area contributed by atoms with Crippen molar-refractivity contribution in [3.05, 3.63) is 52.6 Å². The molecule has 0 fully saturated rings. The SMILES string of the molecule is CCN(CC(=O)NC(C)C)C(=O)COC(=O)/C=C/c1c(C)nn(-c2ccc(F)cc2)c1Cl. The Balaban J connectivity index is 1.98. The molecule has 2 aromatic rings. The summed E-state index contributed by atoms with van der Waals surface area (Å²) in [5.41, 5.74) is 1.60. The Bertz CT molecular complexity index is 1000. The lowest BCUT2D eigenvalue weighted by atomic mass is 10.2. The molecule has 1 aromatic heterocycles. The Morgan fingerprint density at radius 1 is 1.28 bits per heavy atom. The molecule has 0 aliphatic rings. The van der Waals surface area contributed by atoms with Gasteiger partial charge in [-0.25, -0.2) is 13.9 Å². The van der Waals surface area contributed by atoms with Crippen LogP contribution in [0.4, 0.5) is 4.39 Å². The van der Waals surface area contributed by atoms with Crippen molar-refractivity contribution in [1.82, 2.24) is 20.0 Å². The van der Waals surface area contributed by atoms with Crippen molar-refractivity contribution in [1.29, 1.82) is 0 Å². The maximum Gasteiger partial charge on any atom is 0.331 e. The Morgan fingerprint density at radius 3 is 2.53 bits per heavy atom. The maximum atomic E-state index is 13.1. The molecule has 2 amide bonds. The number of amides is 2. The van der Waals surface area contributed by atoms with Gasteiger partial charge in [-0.05, 0) is 58.0 Å². The lowest BCUT2D eigenvalue weighted by molar-refractivity contribution is -0.148. The van der Waals surface area contributed by atoms with Gasteiger partial charge in [-0.15, -0.1) is 0 Å². The van der Waals surface area contributed by atoms with Gasteiger partial charge in [0.1, 0.15) is 11.0 Å². The van der Waals surface area contributed by atoms with E-state index in [2.05, 4.69) is 10.4 Å². The normalized spacial score (nSPS) is 11.1. The predicted molar refractivity (Wildman–Crippen MR) is 119 cm³/mol. The third-order valence-electron chi connectivity index (χ3n) is 4.36. The van der Waals surface area contributed by atoms with Gasteiger partial charge in [0.2, 0.25) is 5.91 Å². The summed E-state index contributed by atoms with van der Waals surface area (Å²) < 4.78 is 19.6. The molecule has 1 aromatic carbocycles. The first-order valence-corrected chi connectivity index (χ1v) is 10.4. The van der Waals surface area contributed by atoms with Crippen LogP contribution < -0.4 is 5.32 Å². The molecule has 0 radical (unpaired) electrons. The van der Waals surface area contributed by atoms with Crippen molar-refractivity contribution in [2.45, 2.75) is 33.7 Å². The van der Waals surface area contributed by atoms with Gasteiger partial charge < -0.3 is 15.0 Å². The van der Waals surface area contributed by atoms with Crippen LogP contribution in [0.5, 0.6) is 0 Å². The second-order valence-electron chi connectivity index (χ2n) is 7.25. The number of ether oxygens (including phenoxy) is 1. The van der Waals surface area contributed by atoms with Crippen molar-refractivity contribution in [2.75, 3.05) is 19.7 Å². The highest BCUT2D eigenvalue weighted by molar-refractivity contribution is 6.31. The summed E-state index contributed by atoms with van der Waals surface area (Å²) in [5.74, 6) is -1.89. The summed E-state index contributed by atoms with van der Waals surface area (Å²) >= 11 is 6.36. The molecule has 10 heteroatoms. The minimum atomic E-state index is -0.744. The quantitative estimate of drug-likeness (QED) is 0.455. The lowest BCUT2D eigenvalue weighted by Crippen LogP contribution is -2.44. The number of esters is 1. The van der Waals surface area contributed by atoms with Gasteiger partial charge >= 0.3 is 5.97 Å². The summed E-state index contributed by atoms with van der Waals surface area (Å²) in [6.07, 6.45) is 2.57. The van der Waals surface area contributed by atoms with E-state index >= 15 is 0 Å². The molecule has 32 heavy (non-hydrogen) atoms. The smallest absolute Gasteiger partial charge is 0.331 e. The second kappa shape index (κ2) is 11.4. The molecule has 0 spiro atoms. The van der Waals surface area contributed by atoms with E-state index in [0.29, 0.717) is 23.5 Å². The van der Waals surface area contributed by atoms with Gasteiger partial charge in [0.25, 0.3) is 5.91 Å². The van der Waals surface area contributed by atoms with Crippen LogP contribution in [0, 0.1) is 12.7 Å².